The molecule has 4 heteroatoms. The molecule has 0 atom stereocenters. The number of hydrogen-bond donors (Lipinski definition) is 1. The lowest BCUT2D eigenvalue weighted by molar-refractivity contribution is 0.578. The predicted octanol–water partition coefficient (Wildman–Crippen LogP) is 6.14. The Balaban J connectivity index is 2.01. The first kappa shape index (κ1) is 18.6. The standard InChI is InChI=1S/C22H24BNOS/c1-4-18(23(25)5-2)15-17(3)24-16-22(20-13-9-10-14-21(20)24)26-19-11-7-6-8-12-19/h6-16,25H,3-5H2,1-2H3/b18-15+. The third-order valence-electron chi connectivity index (χ3n) is 4.53. The van der Waals surface area contributed by atoms with E-state index in [9.17, 15) is 5.02 Å². The Bertz CT molecular complexity index is 930. The van der Waals surface area contributed by atoms with Crippen molar-refractivity contribution in [2.45, 2.75) is 36.4 Å². The first-order chi connectivity index (χ1) is 12.6. The van der Waals surface area contributed by atoms with Crippen molar-refractivity contribution in [1.82, 2.24) is 4.57 Å². The van der Waals surface area contributed by atoms with Gasteiger partial charge in [0, 0.05) is 27.1 Å². The molecule has 3 rings (SSSR count). The Morgan fingerprint density at radius 2 is 1.81 bits per heavy atom. The fourth-order valence-corrected chi connectivity index (χ4v) is 4.05. The van der Waals surface area contributed by atoms with Crippen molar-refractivity contribution in [1.29, 1.82) is 0 Å². The van der Waals surface area contributed by atoms with Crippen LogP contribution in [0.1, 0.15) is 20.3 Å². The Morgan fingerprint density at radius 1 is 1.12 bits per heavy atom. The quantitative estimate of drug-likeness (QED) is 0.404. The van der Waals surface area contributed by atoms with Crippen LogP contribution in [0.15, 0.2) is 88.7 Å². The Kier molecular flexibility index (Phi) is 6.07. The zero-order valence-electron chi connectivity index (χ0n) is 15.4. The second-order valence-corrected chi connectivity index (χ2v) is 7.40. The van der Waals surface area contributed by atoms with E-state index in [1.165, 1.54) is 15.2 Å². The molecular formula is C22H24BNOS. The maximum absolute atomic E-state index is 10.2. The summed E-state index contributed by atoms with van der Waals surface area (Å²) >= 11 is 1.76. The number of aromatic nitrogens is 1. The van der Waals surface area contributed by atoms with Gasteiger partial charge in [0.05, 0.1) is 5.52 Å². The van der Waals surface area contributed by atoms with Crippen LogP contribution in [0.5, 0.6) is 0 Å². The van der Waals surface area contributed by atoms with Crippen LogP contribution in [-0.4, -0.2) is 16.5 Å². The minimum Gasteiger partial charge on any atom is -0.447 e. The van der Waals surface area contributed by atoms with E-state index in [4.69, 9.17) is 0 Å². The van der Waals surface area contributed by atoms with Gasteiger partial charge in [-0.3, -0.25) is 0 Å². The highest BCUT2D eigenvalue weighted by Gasteiger charge is 2.15. The topological polar surface area (TPSA) is 25.2 Å². The van der Waals surface area contributed by atoms with Gasteiger partial charge in [-0.15, -0.1) is 0 Å². The van der Waals surface area contributed by atoms with E-state index in [1.807, 2.05) is 19.1 Å². The van der Waals surface area contributed by atoms with Crippen LogP contribution in [0.25, 0.3) is 16.6 Å². The van der Waals surface area contributed by atoms with Crippen LogP contribution in [0, 0.1) is 0 Å². The number of rotatable bonds is 7. The van der Waals surface area contributed by atoms with Crippen molar-refractivity contribution in [2.24, 2.45) is 0 Å². The summed E-state index contributed by atoms with van der Waals surface area (Å²) in [5, 5.41) is 11.4. The van der Waals surface area contributed by atoms with Gasteiger partial charge in [0.25, 0.3) is 0 Å². The Morgan fingerprint density at radius 3 is 2.50 bits per heavy atom. The summed E-state index contributed by atoms with van der Waals surface area (Å²) < 4.78 is 2.12. The zero-order chi connectivity index (χ0) is 18.5. The molecule has 0 aliphatic rings. The van der Waals surface area contributed by atoms with Gasteiger partial charge in [0.15, 0.2) is 0 Å². The number of benzene rings is 2. The third-order valence-corrected chi connectivity index (χ3v) is 5.58. The summed E-state index contributed by atoms with van der Waals surface area (Å²) in [5.74, 6) is 0. The van der Waals surface area contributed by atoms with Gasteiger partial charge in [0.2, 0.25) is 0 Å². The first-order valence-electron chi connectivity index (χ1n) is 9.04. The summed E-state index contributed by atoms with van der Waals surface area (Å²) in [7, 11) is 0. The molecule has 1 N–H and O–H groups in total. The number of para-hydroxylation sites is 1. The molecule has 0 aliphatic carbocycles. The van der Waals surface area contributed by atoms with Gasteiger partial charge in [0.1, 0.15) is 0 Å². The van der Waals surface area contributed by atoms with Gasteiger partial charge in [-0.05, 0) is 37.0 Å². The lowest BCUT2D eigenvalue weighted by Gasteiger charge is -2.10. The van der Waals surface area contributed by atoms with E-state index in [2.05, 4.69) is 72.8 Å². The van der Waals surface area contributed by atoms with Gasteiger partial charge < -0.3 is 9.59 Å². The first-order valence-corrected chi connectivity index (χ1v) is 9.86. The molecule has 0 radical (unpaired) electrons. The van der Waals surface area contributed by atoms with Crippen LogP contribution in [0.2, 0.25) is 6.32 Å². The molecule has 26 heavy (non-hydrogen) atoms. The molecule has 132 valence electrons. The predicted molar refractivity (Wildman–Crippen MR) is 115 cm³/mol. The van der Waals surface area contributed by atoms with Crippen LogP contribution in [0.4, 0.5) is 0 Å². The maximum atomic E-state index is 10.2. The molecule has 0 aliphatic heterocycles. The monoisotopic (exact) mass is 361 g/mol. The number of nitrogens with zero attached hydrogens (tertiary/aromatic N) is 1. The smallest absolute Gasteiger partial charge is 0.319 e. The second-order valence-electron chi connectivity index (χ2n) is 6.28. The zero-order valence-corrected chi connectivity index (χ0v) is 16.2. The molecular weight excluding hydrogens is 337 g/mol. The fourth-order valence-electron chi connectivity index (χ4n) is 3.06. The normalized spacial score (nSPS) is 11.7. The maximum Gasteiger partial charge on any atom is 0.319 e. The fraction of sp³-hybridized carbons (Fsp3) is 0.182. The summed E-state index contributed by atoms with van der Waals surface area (Å²) in [4.78, 5) is 2.42. The van der Waals surface area contributed by atoms with Gasteiger partial charge in [-0.2, -0.15) is 0 Å². The largest absolute Gasteiger partial charge is 0.447 e. The van der Waals surface area contributed by atoms with E-state index in [0.29, 0.717) is 6.32 Å². The second kappa shape index (κ2) is 8.48. The average molecular weight is 361 g/mol. The highest BCUT2D eigenvalue weighted by Crippen LogP contribution is 2.36. The molecule has 2 aromatic carbocycles. The molecule has 0 unspecified atom stereocenters. The average Bonchev–Trinajstić information content (AvgIpc) is 3.05. The lowest BCUT2D eigenvalue weighted by atomic mass is 9.57. The van der Waals surface area contributed by atoms with Crippen LogP contribution in [0.3, 0.4) is 0 Å². The third kappa shape index (κ3) is 3.97. The minimum absolute atomic E-state index is 0.406. The SMILES string of the molecule is C=C(/C=C(\CC)B(O)CC)n1cc(Sc2ccccc2)c2ccccc21. The molecule has 0 bridgehead atoms. The van der Waals surface area contributed by atoms with E-state index in [1.54, 1.807) is 11.8 Å². The number of fused-ring (bicyclic) bond motifs is 1. The highest BCUT2D eigenvalue weighted by atomic mass is 32.2. The molecule has 0 saturated heterocycles. The van der Waals surface area contributed by atoms with Gasteiger partial charge in [-0.25, -0.2) is 0 Å². The lowest BCUT2D eigenvalue weighted by Crippen LogP contribution is -2.14. The van der Waals surface area contributed by atoms with E-state index >= 15 is 0 Å². The van der Waals surface area contributed by atoms with Crippen molar-refractivity contribution in [3.8, 4) is 0 Å². The molecule has 0 amide bonds. The van der Waals surface area contributed by atoms with E-state index in [0.717, 1.165) is 23.1 Å². The molecule has 0 saturated carbocycles. The van der Waals surface area contributed by atoms with Crippen LogP contribution in [-0.2, 0) is 0 Å². The van der Waals surface area contributed by atoms with Crippen molar-refractivity contribution in [3.63, 3.8) is 0 Å². The molecule has 0 spiro atoms. The summed E-state index contributed by atoms with van der Waals surface area (Å²) in [5.41, 5.74) is 3.03. The Labute approximate surface area is 160 Å². The van der Waals surface area contributed by atoms with Crippen molar-refractivity contribution in [2.75, 3.05) is 0 Å². The van der Waals surface area contributed by atoms with Crippen molar-refractivity contribution >= 4 is 35.3 Å². The summed E-state index contributed by atoms with van der Waals surface area (Å²) in [6, 6.07) is 18.8. The van der Waals surface area contributed by atoms with Crippen LogP contribution >= 0.6 is 11.8 Å². The van der Waals surface area contributed by atoms with Crippen molar-refractivity contribution in [3.05, 3.63) is 78.9 Å². The van der Waals surface area contributed by atoms with Gasteiger partial charge in [-0.1, -0.05) is 74.1 Å². The summed E-state index contributed by atoms with van der Waals surface area (Å²) in [6.45, 7) is 7.93. The van der Waals surface area contributed by atoms with Crippen LogP contribution < -0.4 is 0 Å². The van der Waals surface area contributed by atoms with E-state index < -0.39 is 6.92 Å². The van der Waals surface area contributed by atoms with Gasteiger partial charge >= 0.3 is 6.92 Å². The Hall–Kier alpha value is -2.17. The molecule has 1 heterocycles. The molecule has 1 aromatic heterocycles. The highest BCUT2D eigenvalue weighted by molar-refractivity contribution is 7.99. The van der Waals surface area contributed by atoms with Crippen molar-refractivity contribution < 1.29 is 5.02 Å². The number of hydrogen-bond acceptors (Lipinski definition) is 2. The molecule has 0 fully saturated rings. The number of allylic oxidation sites excluding steroid dienone is 3. The molecule has 2 nitrogen and oxygen atoms in total. The van der Waals surface area contributed by atoms with E-state index in [-0.39, 0.29) is 0 Å². The minimum atomic E-state index is -0.406. The molecule has 3 aromatic rings. The summed E-state index contributed by atoms with van der Waals surface area (Å²) in [6.07, 6.45) is 5.71.